The largest absolute Gasteiger partial charge is 0.488 e. The molecule has 0 bridgehead atoms. The molecule has 1 amide bonds. The summed E-state index contributed by atoms with van der Waals surface area (Å²) in [5.74, 6) is 0.933. The number of likely N-dealkylation sites (tertiary alicyclic amines) is 1. The molecular formula is C27H35N5O5S. The maximum absolute atomic E-state index is 13.7. The molecule has 2 aromatic rings. The molecule has 1 saturated carbocycles. The van der Waals surface area contributed by atoms with Crippen LogP contribution in [0.4, 0.5) is 17.2 Å². The summed E-state index contributed by atoms with van der Waals surface area (Å²) in [6, 6.07) is 6.75. The van der Waals surface area contributed by atoms with Crippen molar-refractivity contribution in [3.05, 3.63) is 36.0 Å². The minimum absolute atomic E-state index is 0.00503. The number of carbonyl (C=O) groups excluding carboxylic acids is 1. The maximum atomic E-state index is 13.7. The van der Waals surface area contributed by atoms with Crippen molar-refractivity contribution in [1.29, 1.82) is 0 Å². The zero-order valence-corrected chi connectivity index (χ0v) is 22.6. The van der Waals surface area contributed by atoms with Crippen molar-refractivity contribution < 1.29 is 22.7 Å². The highest BCUT2D eigenvalue weighted by atomic mass is 32.2. The number of anilines is 3. The Kier molecular flexibility index (Phi) is 6.69. The van der Waals surface area contributed by atoms with Gasteiger partial charge in [0.1, 0.15) is 22.6 Å². The smallest absolute Gasteiger partial charge is 0.265 e. The number of fused-ring (bicyclic) bond motifs is 2. The van der Waals surface area contributed by atoms with E-state index in [9.17, 15) is 13.2 Å². The van der Waals surface area contributed by atoms with Crippen LogP contribution >= 0.6 is 0 Å². The second-order valence-electron chi connectivity index (χ2n) is 10.8. The third kappa shape index (κ3) is 4.60. The van der Waals surface area contributed by atoms with E-state index >= 15 is 0 Å². The molecule has 4 heterocycles. The van der Waals surface area contributed by atoms with Crippen molar-refractivity contribution in [2.75, 3.05) is 61.4 Å². The van der Waals surface area contributed by atoms with Crippen molar-refractivity contribution in [3.8, 4) is 5.75 Å². The predicted molar refractivity (Wildman–Crippen MR) is 144 cm³/mol. The van der Waals surface area contributed by atoms with Crippen LogP contribution in [0, 0.1) is 0 Å². The van der Waals surface area contributed by atoms with Gasteiger partial charge < -0.3 is 24.6 Å². The van der Waals surface area contributed by atoms with E-state index in [1.807, 2.05) is 11.0 Å². The molecule has 1 aliphatic carbocycles. The van der Waals surface area contributed by atoms with Crippen molar-refractivity contribution >= 4 is 33.1 Å². The van der Waals surface area contributed by atoms with E-state index in [0.717, 1.165) is 57.2 Å². The van der Waals surface area contributed by atoms with Crippen molar-refractivity contribution in [1.82, 2.24) is 9.88 Å². The first-order valence-corrected chi connectivity index (χ1v) is 15.0. The molecule has 2 N–H and O–H groups in total. The third-order valence-corrected chi connectivity index (χ3v) is 9.71. The Balaban J connectivity index is 1.36. The van der Waals surface area contributed by atoms with Crippen LogP contribution in [-0.2, 0) is 25.0 Å². The van der Waals surface area contributed by atoms with Gasteiger partial charge in [0.05, 0.1) is 30.0 Å². The van der Waals surface area contributed by atoms with E-state index in [1.54, 1.807) is 24.4 Å². The normalized spacial score (nSPS) is 21.9. The number of nitrogens with zero attached hydrogens (tertiary/aromatic N) is 3. The standard InChI is InChI=1S/C27H35N5O5S/c1-31-11-6-20(7-12-31)37-22-18-19(17-21-24(22)29-26(33)27(21)8-2-3-9-27)30-38(34,35)23-5-4-10-28-25(23)32-13-15-36-16-14-32/h4-5,10,17-18,20,30H,2-3,6-9,11-16H2,1H3,(H,29,33). The molecule has 3 aliphatic heterocycles. The Labute approximate surface area is 223 Å². The molecule has 1 aromatic heterocycles. The van der Waals surface area contributed by atoms with Crippen molar-refractivity contribution in [3.63, 3.8) is 0 Å². The summed E-state index contributed by atoms with van der Waals surface area (Å²) in [7, 11) is -1.88. The molecule has 4 aliphatic rings. The number of rotatable bonds is 6. The van der Waals surface area contributed by atoms with E-state index in [-0.39, 0.29) is 16.9 Å². The van der Waals surface area contributed by atoms with Gasteiger partial charge in [-0.25, -0.2) is 13.4 Å². The van der Waals surface area contributed by atoms with Gasteiger partial charge in [-0.2, -0.15) is 0 Å². The van der Waals surface area contributed by atoms with Gasteiger partial charge in [0.2, 0.25) is 5.91 Å². The fourth-order valence-electron chi connectivity index (χ4n) is 6.20. The fraction of sp³-hybridized carbons (Fsp3) is 0.556. The maximum Gasteiger partial charge on any atom is 0.265 e. The Hall–Kier alpha value is -2.89. The van der Waals surface area contributed by atoms with Crippen LogP contribution in [-0.4, -0.2) is 76.8 Å². The first kappa shape index (κ1) is 25.4. The summed E-state index contributed by atoms with van der Waals surface area (Å²) in [5, 5.41) is 3.09. The van der Waals surface area contributed by atoms with E-state index in [2.05, 4.69) is 27.0 Å². The van der Waals surface area contributed by atoms with Gasteiger partial charge in [0, 0.05) is 38.4 Å². The number of amides is 1. The summed E-state index contributed by atoms with van der Waals surface area (Å²) >= 11 is 0. The Morgan fingerprint density at radius 1 is 1.13 bits per heavy atom. The second kappa shape index (κ2) is 10.0. The molecule has 1 spiro atoms. The lowest BCUT2D eigenvalue weighted by atomic mass is 9.80. The molecule has 2 saturated heterocycles. The van der Waals surface area contributed by atoms with E-state index in [1.165, 1.54) is 0 Å². The fourth-order valence-corrected chi connectivity index (χ4v) is 7.42. The number of piperidine rings is 1. The van der Waals surface area contributed by atoms with Crippen molar-refractivity contribution in [2.45, 2.75) is 54.9 Å². The van der Waals surface area contributed by atoms with Crippen LogP contribution in [0.1, 0.15) is 44.1 Å². The monoisotopic (exact) mass is 541 g/mol. The molecule has 10 nitrogen and oxygen atoms in total. The highest BCUT2D eigenvalue weighted by Crippen LogP contribution is 2.53. The molecular weight excluding hydrogens is 506 g/mol. The second-order valence-corrected chi connectivity index (χ2v) is 12.4. The molecule has 38 heavy (non-hydrogen) atoms. The number of hydrogen-bond donors (Lipinski definition) is 2. The molecule has 204 valence electrons. The third-order valence-electron chi connectivity index (χ3n) is 8.31. The number of ether oxygens (including phenoxy) is 2. The number of nitrogens with one attached hydrogen (secondary N) is 2. The van der Waals surface area contributed by atoms with Gasteiger partial charge in [-0.1, -0.05) is 12.8 Å². The van der Waals surface area contributed by atoms with Gasteiger partial charge in [0.15, 0.2) is 0 Å². The summed E-state index contributed by atoms with van der Waals surface area (Å²) in [5.41, 5.74) is 1.29. The van der Waals surface area contributed by atoms with Crippen LogP contribution in [0.15, 0.2) is 35.4 Å². The summed E-state index contributed by atoms with van der Waals surface area (Å²) < 4.78 is 42.2. The number of pyridine rings is 1. The minimum atomic E-state index is -3.98. The summed E-state index contributed by atoms with van der Waals surface area (Å²) in [6.45, 7) is 4.05. The van der Waals surface area contributed by atoms with Gasteiger partial charge >= 0.3 is 0 Å². The number of morpholine rings is 1. The van der Waals surface area contributed by atoms with E-state index in [4.69, 9.17) is 9.47 Å². The zero-order valence-electron chi connectivity index (χ0n) is 21.7. The molecule has 0 atom stereocenters. The quantitative estimate of drug-likeness (QED) is 0.574. The van der Waals surface area contributed by atoms with Crippen LogP contribution in [0.3, 0.4) is 0 Å². The highest BCUT2D eigenvalue weighted by Gasteiger charge is 2.50. The summed E-state index contributed by atoms with van der Waals surface area (Å²) in [6.07, 6.45) is 6.79. The molecule has 1 aromatic carbocycles. The molecule has 11 heteroatoms. The predicted octanol–water partition coefficient (Wildman–Crippen LogP) is 2.96. The lowest BCUT2D eigenvalue weighted by Gasteiger charge is -2.30. The minimum Gasteiger partial charge on any atom is -0.488 e. The first-order valence-electron chi connectivity index (χ1n) is 13.5. The number of benzene rings is 1. The molecule has 0 radical (unpaired) electrons. The van der Waals surface area contributed by atoms with Crippen LogP contribution < -0.4 is 19.7 Å². The van der Waals surface area contributed by atoms with Gasteiger partial charge in [-0.3, -0.25) is 9.52 Å². The van der Waals surface area contributed by atoms with Gasteiger partial charge in [-0.15, -0.1) is 0 Å². The lowest BCUT2D eigenvalue weighted by Crippen LogP contribution is -2.37. The Morgan fingerprint density at radius 3 is 2.61 bits per heavy atom. The van der Waals surface area contributed by atoms with E-state index in [0.29, 0.717) is 49.2 Å². The molecule has 3 fully saturated rings. The number of hydrogen-bond acceptors (Lipinski definition) is 8. The number of sulfonamides is 1. The lowest BCUT2D eigenvalue weighted by molar-refractivity contribution is -0.120. The Morgan fingerprint density at radius 2 is 1.87 bits per heavy atom. The van der Waals surface area contributed by atoms with Gasteiger partial charge in [-0.05, 0) is 56.5 Å². The van der Waals surface area contributed by atoms with Crippen molar-refractivity contribution in [2.24, 2.45) is 0 Å². The van der Waals surface area contributed by atoms with E-state index < -0.39 is 15.4 Å². The average molecular weight is 542 g/mol. The topological polar surface area (TPSA) is 113 Å². The number of carbonyl (C=O) groups is 1. The number of aromatic nitrogens is 1. The van der Waals surface area contributed by atoms with Gasteiger partial charge in [0.25, 0.3) is 10.0 Å². The highest BCUT2D eigenvalue weighted by molar-refractivity contribution is 7.92. The van der Waals surface area contributed by atoms with Crippen LogP contribution in [0.25, 0.3) is 0 Å². The van der Waals surface area contributed by atoms with Crippen LogP contribution in [0.5, 0.6) is 5.75 Å². The van der Waals surface area contributed by atoms with Crippen LogP contribution in [0.2, 0.25) is 0 Å². The first-order chi connectivity index (χ1) is 18.4. The average Bonchev–Trinajstić information content (AvgIpc) is 3.52. The molecule has 6 rings (SSSR count). The molecule has 0 unspecified atom stereocenters. The SMILES string of the molecule is CN1CCC(Oc2cc(NS(=O)(=O)c3cccnc3N3CCOCC3)cc3c2NC(=O)C32CCCC2)CC1. The summed E-state index contributed by atoms with van der Waals surface area (Å²) in [4.78, 5) is 22.0. The Bertz CT molecular complexity index is 1310. The zero-order chi connectivity index (χ0) is 26.3.